The summed E-state index contributed by atoms with van der Waals surface area (Å²) in [7, 11) is 0. The molecular weight excluding hydrogens is 234 g/mol. The zero-order chi connectivity index (χ0) is 13.5. The molecule has 112 valence electrons. The maximum absolute atomic E-state index is 2.71. The standard InChI is InChI=1S/C16H33N3/c1-3-7-17-9-5-16(6-10-17)15-19-13-11-18(8-4-2)12-14-19/h16H,3-15H2,1-2H3. The lowest BCUT2D eigenvalue weighted by atomic mass is 9.96. The van der Waals surface area contributed by atoms with Crippen molar-refractivity contribution in [3.05, 3.63) is 0 Å². The van der Waals surface area contributed by atoms with Gasteiger partial charge in [-0.15, -0.1) is 0 Å². The summed E-state index contributed by atoms with van der Waals surface area (Å²) in [4.78, 5) is 7.99. The van der Waals surface area contributed by atoms with Gasteiger partial charge >= 0.3 is 0 Å². The lowest BCUT2D eigenvalue weighted by Crippen LogP contribution is -2.48. The molecule has 0 amide bonds. The van der Waals surface area contributed by atoms with E-state index in [2.05, 4.69) is 28.5 Å². The van der Waals surface area contributed by atoms with Crippen LogP contribution >= 0.6 is 0 Å². The molecule has 0 atom stereocenters. The van der Waals surface area contributed by atoms with Crippen LogP contribution in [-0.2, 0) is 0 Å². The molecule has 0 aromatic rings. The van der Waals surface area contributed by atoms with E-state index < -0.39 is 0 Å². The van der Waals surface area contributed by atoms with E-state index >= 15 is 0 Å². The lowest BCUT2D eigenvalue weighted by molar-refractivity contribution is 0.0952. The first kappa shape index (κ1) is 15.3. The van der Waals surface area contributed by atoms with Crippen LogP contribution in [0, 0.1) is 5.92 Å². The van der Waals surface area contributed by atoms with Crippen LogP contribution < -0.4 is 0 Å². The van der Waals surface area contributed by atoms with Crippen LogP contribution in [0.4, 0.5) is 0 Å². The van der Waals surface area contributed by atoms with Crippen molar-refractivity contribution >= 4 is 0 Å². The zero-order valence-electron chi connectivity index (χ0n) is 13.1. The Labute approximate surface area is 119 Å². The Morgan fingerprint density at radius 1 is 0.684 bits per heavy atom. The van der Waals surface area contributed by atoms with E-state index in [1.54, 1.807) is 0 Å². The van der Waals surface area contributed by atoms with Crippen molar-refractivity contribution in [1.82, 2.24) is 14.7 Å². The third-order valence-electron chi connectivity index (χ3n) is 4.77. The molecule has 0 radical (unpaired) electrons. The highest BCUT2D eigenvalue weighted by Crippen LogP contribution is 2.19. The highest BCUT2D eigenvalue weighted by molar-refractivity contribution is 4.78. The fourth-order valence-electron chi connectivity index (χ4n) is 3.59. The number of hydrogen-bond acceptors (Lipinski definition) is 3. The largest absolute Gasteiger partial charge is 0.303 e. The molecule has 2 heterocycles. The molecular formula is C16H33N3. The second kappa shape index (κ2) is 8.23. The molecule has 3 nitrogen and oxygen atoms in total. The Bertz CT molecular complexity index is 204. The second-order valence-corrected chi connectivity index (χ2v) is 6.43. The van der Waals surface area contributed by atoms with Gasteiger partial charge < -0.3 is 14.7 Å². The van der Waals surface area contributed by atoms with Gasteiger partial charge in [0.05, 0.1) is 0 Å². The Morgan fingerprint density at radius 3 is 1.68 bits per heavy atom. The van der Waals surface area contributed by atoms with Crippen LogP contribution in [0.25, 0.3) is 0 Å². The summed E-state index contributed by atoms with van der Waals surface area (Å²) < 4.78 is 0. The molecule has 19 heavy (non-hydrogen) atoms. The summed E-state index contributed by atoms with van der Waals surface area (Å²) in [6.45, 7) is 16.4. The molecule has 2 fully saturated rings. The Kier molecular flexibility index (Phi) is 6.62. The quantitative estimate of drug-likeness (QED) is 0.730. The van der Waals surface area contributed by atoms with Crippen LogP contribution in [0.15, 0.2) is 0 Å². The minimum atomic E-state index is 0.964. The van der Waals surface area contributed by atoms with Crippen LogP contribution in [0.3, 0.4) is 0 Å². The van der Waals surface area contributed by atoms with E-state index in [0.717, 1.165) is 5.92 Å². The third-order valence-corrected chi connectivity index (χ3v) is 4.77. The first-order valence-electron chi connectivity index (χ1n) is 8.49. The Hall–Kier alpha value is -0.120. The summed E-state index contributed by atoms with van der Waals surface area (Å²) in [5.74, 6) is 0.964. The van der Waals surface area contributed by atoms with Gasteiger partial charge in [0.1, 0.15) is 0 Å². The summed E-state index contributed by atoms with van der Waals surface area (Å²) in [5, 5.41) is 0. The maximum Gasteiger partial charge on any atom is 0.0110 e. The van der Waals surface area contributed by atoms with Crippen molar-refractivity contribution in [3.63, 3.8) is 0 Å². The number of rotatable bonds is 6. The van der Waals surface area contributed by atoms with Crippen LogP contribution in [-0.4, -0.2) is 73.6 Å². The predicted octanol–water partition coefficient (Wildman–Crippen LogP) is 2.14. The fraction of sp³-hybridized carbons (Fsp3) is 1.00. The number of piperazine rings is 1. The number of nitrogens with zero attached hydrogens (tertiary/aromatic N) is 3. The summed E-state index contributed by atoms with van der Waals surface area (Å²) in [6, 6.07) is 0. The van der Waals surface area contributed by atoms with Crippen LogP contribution in [0.2, 0.25) is 0 Å². The Morgan fingerprint density at radius 2 is 1.16 bits per heavy atom. The van der Waals surface area contributed by atoms with E-state index in [4.69, 9.17) is 0 Å². The molecule has 0 aromatic carbocycles. The molecule has 0 aromatic heterocycles. The van der Waals surface area contributed by atoms with Gasteiger partial charge in [-0.3, -0.25) is 0 Å². The normalized spacial score (nSPS) is 24.9. The van der Waals surface area contributed by atoms with Crippen molar-refractivity contribution < 1.29 is 0 Å². The average Bonchev–Trinajstić information content (AvgIpc) is 2.44. The van der Waals surface area contributed by atoms with E-state index in [-0.39, 0.29) is 0 Å². The summed E-state index contributed by atoms with van der Waals surface area (Å²) in [5.41, 5.74) is 0. The molecule has 0 saturated carbocycles. The molecule has 0 N–H and O–H groups in total. The monoisotopic (exact) mass is 267 g/mol. The first-order valence-corrected chi connectivity index (χ1v) is 8.49. The van der Waals surface area contributed by atoms with Crippen molar-refractivity contribution in [3.8, 4) is 0 Å². The minimum absolute atomic E-state index is 0.964. The smallest absolute Gasteiger partial charge is 0.0110 e. The molecule has 0 bridgehead atoms. The van der Waals surface area contributed by atoms with Gasteiger partial charge in [-0.2, -0.15) is 0 Å². The minimum Gasteiger partial charge on any atom is -0.303 e. The SMILES string of the molecule is CCCN1CCC(CN2CCN(CCC)CC2)CC1. The zero-order valence-corrected chi connectivity index (χ0v) is 13.1. The topological polar surface area (TPSA) is 9.72 Å². The van der Waals surface area contributed by atoms with E-state index in [1.807, 2.05) is 0 Å². The molecule has 2 aliphatic heterocycles. The maximum atomic E-state index is 2.71. The van der Waals surface area contributed by atoms with Gasteiger partial charge in [0, 0.05) is 32.7 Å². The number of likely N-dealkylation sites (tertiary alicyclic amines) is 1. The van der Waals surface area contributed by atoms with E-state index in [9.17, 15) is 0 Å². The molecule has 2 rings (SSSR count). The number of piperidine rings is 1. The molecule has 0 spiro atoms. The number of hydrogen-bond donors (Lipinski definition) is 0. The van der Waals surface area contributed by atoms with E-state index in [1.165, 1.54) is 84.6 Å². The van der Waals surface area contributed by atoms with Crippen molar-refractivity contribution in [2.24, 2.45) is 5.92 Å². The van der Waals surface area contributed by atoms with Crippen molar-refractivity contribution in [2.45, 2.75) is 39.5 Å². The van der Waals surface area contributed by atoms with Gasteiger partial charge in [-0.25, -0.2) is 0 Å². The molecule has 2 aliphatic rings. The van der Waals surface area contributed by atoms with Gasteiger partial charge in [-0.05, 0) is 57.8 Å². The van der Waals surface area contributed by atoms with E-state index in [0.29, 0.717) is 0 Å². The second-order valence-electron chi connectivity index (χ2n) is 6.43. The predicted molar refractivity (Wildman–Crippen MR) is 82.6 cm³/mol. The molecule has 3 heteroatoms. The third kappa shape index (κ3) is 5.05. The first-order chi connectivity index (χ1) is 9.31. The summed E-state index contributed by atoms with van der Waals surface area (Å²) >= 11 is 0. The molecule has 0 aliphatic carbocycles. The van der Waals surface area contributed by atoms with Gasteiger partial charge in [0.2, 0.25) is 0 Å². The average molecular weight is 267 g/mol. The van der Waals surface area contributed by atoms with Crippen molar-refractivity contribution in [1.29, 1.82) is 0 Å². The van der Waals surface area contributed by atoms with Gasteiger partial charge in [-0.1, -0.05) is 13.8 Å². The van der Waals surface area contributed by atoms with Gasteiger partial charge in [0.25, 0.3) is 0 Å². The molecule has 0 unspecified atom stereocenters. The van der Waals surface area contributed by atoms with Crippen LogP contribution in [0.1, 0.15) is 39.5 Å². The highest BCUT2D eigenvalue weighted by atomic mass is 15.3. The van der Waals surface area contributed by atoms with Crippen LogP contribution in [0.5, 0.6) is 0 Å². The highest BCUT2D eigenvalue weighted by Gasteiger charge is 2.23. The van der Waals surface area contributed by atoms with Crippen molar-refractivity contribution in [2.75, 3.05) is 58.9 Å². The Balaban J connectivity index is 1.61. The lowest BCUT2D eigenvalue weighted by Gasteiger charge is -2.38. The summed E-state index contributed by atoms with van der Waals surface area (Å²) in [6.07, 6.45) is 5.46. The van der Waals surface area contributed by atoms with Gasteiger partial charge in [0.15, 0.2) is 0 Å². The molecule has 2 saturated heterocycles. The fourth-order valence-corrected chi connectivity index (χ4v) is 3.59.